The molecule has 3 heterocycles. The minimum Gasteiger partial charge on any atom is -0.512 e. The van der Waals surface area contributed by atoms with Crippen LogP contribution in [0.2, 0.25) is 0 Å². The summed E-state index contributed by atoms with van der Waals surface area (Å²) in [5.74, 6) is -0.0441. The minimum atomic E-state index is -0.200. The molecule has 0 radical (unpaired) electrons. The largest absolute Gasteiger partial charge is 0.512 e. The third kappa shape index (κ3) is 2.77. The van der Waals surface area contributed by atoms with Crippen LogP contribution in [0.3, 0.4) is 0 Å². The Hall–Kier alpha value is -3.15. The zero-order chi connectivity index (χ0) is 19.1. The molecule has 6 nitrogen and oxygen atoms in total. The van der Waals surface area contributed by atoms with Crippen LogP contribution in [0.4, 0.5) is 0 Å². The molecule has 0 spiro atoms. The molecule has 0 bridgehead atoms. The summed E-state index contributed by atoms with van der Waals surface area (Å²) in [7, 11) is 1.89. The number of aliphatic hydroxyl groups excluding tert-OH is 1. The first-order chi connectivity index (χ1) is 13.0. The Bertz CT molecular complexity index is 1150. The third-order valence-corrected chi connectivity index (χ3v) is 4.99. The van der Waals surface area contributed by atoms with Crippen LogP contribution in [0.1, 0.15) is 36.9 Å². The van der Waals surface area contributed by atoms with Crippen molar-refractivity contribution < 1.29 is 5.11 Å². The first-order valence-electron chi connectivity index (χ1n) is 9.16. The zero-order valence-corrected chi connectivity index (χ0v) is 15.8. The van der Waals surface area contributed by atoms with Crippen molar-refractivity contribution in [3.05, 3.63) is 60.3 Å². The maximum atomic E-state index is 10.3. The molecule has 3 aromatic heterocycles. The van der Waals surface area contributed by atoms with Crippen LogP contribution in [0.5, 0.6) is 0 Å². The predicted molar refractivity (Wildman–Crippen MR) is 107 cm³/mol. The highest BCUT2D eigenvalue weighted by atomic mass is 16.3. The molecule has 1 unspecified atom stereocenters. The molecule has 0 saturated carbocycles. The number of hydrogen-bond acceptors (Lipinski definition) is 4. The van der Waals surface area contributed by atoms with Crippen LogP contribution in [0, 0.1) is 6.92 Å². The summed E-state index contributed by atoms with van der Waals surface area (Å²) in [5.41, 5.74) is 5.39. The molecule has 4 rings (SSSR count). The van der Waals surface area contributed by atoms with Crippen molar-refractivity contribution in [2.24, 2.45) is 7.05 Å². The maximum Gasteiger partial charge on any atom is 0.163 e. The van der Waals surface area contributed by atoms with Crippen LogP contribution in [-0.2, 0) is 7.05 Å². The highest BCUT2D eigenvalue weighted by molar-refractivity contribution is 5.93. The second kappa shape index (κ2) is 6.54. The minimum absolute atomic E-state index is 0.156. The molecule has 0 aliphatic heterocycles. The van der Waals surface area contributed by atoms with E-state index in [9.17, 15) is 5.11 Å². The second-order valence-corrected chi connectivity index (χ2v) is 6.95. The lowest BCUT2D eigenvalue weighted by molar-refractivity contribution is 0.360. The Morgan fingerprint density at radius 1 is 1.30 bits per heavy atom. The summed E-state index contributed by atoms with van der Waals surface area (Å²) < 4.78 is 3.65. The SMILES string of the molecule is C=C(O)C(CCC)c1c(C)nc2c3ccccc3nn2c1-c1cnn(C)c1. The summed E-state index contributed by atoms with van der Waals surface area (Å²) in [5, 5.41) is 20.5. The van der Waals surface area contributed by atoms with Gasteiger partial charge in [-0.2, -0.15) is 10.2 Å². The fourth-order valence-electron chi connectivity index (χ4n) is 3.79. The number of aryl methyl sites for hydroxylation is 2. The monoisotopic (exact) mass is 361 g/mol. The Balaban J connectivity index is 2.14. The first kappa shape index (κ1) is 17.3. The van der Waals surface area contributed by atoms with Crippen LogP contribution in [0.25, 0.3) is 27.8 Å². The van der Waals surface area contributed by atoms with E-state index in [1.54, 1.807) is 4.68 Å². The zero-order valence-electron chi connectivity index (χ0n) is 15.8. The standard InChI is InChI=1S/C21H23N5O/c1-5-8-16(14(3)27)19-13(2)23-21-17-9-6-7-10-18(17)24-26(21)20(19)15-11-22-25(4)12-15/h6-7,9-12,16,27H,3,5,8H2,1-2,4H3. The number of hydrogen-bond donors (Lipinski definition) is 1. The van der Waals surface area contributed by atoms with Gasteiger partial charge in [0.05, 0.1) is 23.2 Å². The van der Waals surface area contributed by atoms with Gasteiger partial charge in [-0.05, 0) is 25.5 Å². The van der Waals surface area contributed by atoms with Crippen LogP contribution >= 0.6 is 0 Å². The van der Waals surface area contributed by atoms with Crippen molar-refractivity contribution in [2.75, 3.05) is 0 Å². The topological polar surface area (TPSA) is 68.2 Å². The maximum absolute atomic E-state index is 10.3. The summed E-state index contributed by atoms with van der Waals surface area (Å²) >= 11 is 0. The molecule has 1 atom stereocenters. The van der Waals surface area contributed by atoms with Crippen molar-refractivity contribution in [1.82, 2.24) is 24.4 Å². The fourth-order valence-corrected chi connectivity index (χ4v) is 3.79. The molecule has 0 amide bonds. The number of rotatable bonds is 5. The smallest absolute Gasteiger partial charge is 0.163 e. The van der Waals surface area contributed by atoms with Gasteiger partial charge in [-0.3, -0.25) is 4.68 Å². The second-order valence-electron chi connectivity index (χ2n) is 6.95. The molecule has 138 valence electrons. The number of fused-ring (bicyclic) bond motifs is 3. The van der Waals surface area contributed by atoms with E-state index in [0.717, 1.165) is 51.9 Å². The van der Waals surface area contributed by atoms with Gasteiger partial charge >= 0.3 is 0 Å². The van der Waals surface area contributed by atoms with Gasteiger partial charge in [0, 0.05) is 41.4 Å². The average Bonchev–Trinajstić information content (AvgIpc) is 3.22. The van der Waals surface area contributed by atoms with E-state index in [4.69, 9.17) is 10.1 Å². The molecule has 0 saturated heterocycles. The van der Waals surface area contributed by atoms with Crippen molar-refractivity contribution in [1.29, 1.82) is 0 Å². The molecule has 0 aliphatic carbocycles. The highest BCUT2D eigenvalue weighted by Crippen LogP contribution is 2.38. The van der Waals surface area contributed by atoms with Gasteiger partial charge in [-0.15, -0.1) is 0 Å². The van der Waals surface area contributed by atoms with Gasteiger partial charge in [0.25, 0.3) is 0 Å². The lowest BCUT2D eigenvalue weighted by atomic mass is 9.89. The van der Waals surface area contributed by atoms with Gasteiger partial charge < -0.3 is 5.11 Å². The van der Waals surface area contributed by atoms with Crippen LogP contribution in [0.15, 0.2) is 49.0 Å². The number of benzene rings is 1. The van der Waals surface area contributed by atoms with E-state index in [1.807, 2.05) is 55.1 Å². The van der Waals surface area contributed by atoms with E-state index in [1.165, 1.54) is 0 Å². The molecule has 0 aliphatic rings. The average molecular weight is 361 g/mol. The van der Waals surface area contributed by atoms with E-state index in [-0.39, 0.29) is 11.7 Å². The molecule has 0 fully saturated rings. The van der Waals surface area contributed by atoms with Crippen molar-refractivity contribution >= 4 is 16.6 Å². The first-order valence-corrected chi connectivity index (χ1v) is 9.16. The van der Waals surface area contributed by atoms with Gasteiger partial charge in [-0.25, -0.2) is 9.50 Å². The third-order valence-electron chi connectivity index (χ3n) is 4.99. The molecular formula is C21H23N5O. The lowest BCUT2D eigenvalue weighted by Gasteiger charge is -2.21. The Morgan fingerprint density at radius 3 is 2.74 bits per heavy atom. The predicted octanol–water partition coefficient (Wildman–Crippen LogP) is 4.55. The van der Waals surface area contributed by atoms with Crippen molar-refractivity contribution in [3.63, 3.8) is 0 Å². The van der Waals surface area contributed by atoms with Gasteiger partial charge in [0.2, 0.25) is 0 Å². The molecule has 4 aromatic rings. The van der Waals surface area contributed by atoms with Crippen LogP contribution < -0.4 is 0 Å². The molecule has 6 heteroatoms. The number of aromatic nitrogens is 5. The summed E-state index contributed by atoms with van der Waals surface area (Å²) in [6.07, 6.45) is 5.51. The number of nitrogens with zero attached hydrogens (tertiary/aromatic N) is 5. The van der Waals surface area contributed by atoms with Gasteiger partial charge in [-0.1, -0.05) is 32.1 Å². The van der Waals surface area contributed by atoms with Gasteiger partial charge in [0.1, 0.15) is 0 Å². The summed E-state index contributed by atoms with van der Waals surface area (Å²) in [6, 6.07) is 7.99. The fraction of sp³-hybridized carbons (Fsp3) is 0.286. The van der Waals surface area contributed by atoms with E-state index >= 15 is 0 Å². The number of allylic oxidation sites excluding steroid dienone is 1. The van der Waals surface area contributed by atoms with E-state index < -0.39 is 0 Å². The van der Waals surface area contributed by atoms with Gasteiger partial charge in [0.15, 0.2) is 5.65 Å². The lowest BCUT2D eigenvalue weighted by Crippen LogP contribution is -2.11. The summed E-state index contributed by atoms with van der Waals surface area (Å²) in [6.45, 7) is 7.92. The number of aliphatic hydroxyl groups is 1. The highest BCUT2D eigenvalue weighted by Gasteiger charge is 2.26. The van der Waals surface area contributed by atoms with Crippen molar-refractivity contribution in [2.45, 2.75) is 32.6 Å². The molecular weight excluding hydrogens is 338 g/mol. The van der Waals surface area contributed by atoms with E-state index in [2.05, 4.69) is 18.6 Å². The quantitative estimate of drug-likeness (QED) is 0.530. The Labute approximate surface area is 157 Å². The Morgan fingerprint density at radius 2 is 2.07 bits per heavy atom. The molecule has 27 heavy (non-hydrogen) atoms. The normalized spacial score (nSPS) is 12.7. The molecule has 1 N–H and O–H groups in total. The van der Waals surface area contributed by atoms with Crippen molar-refractivity contribution in [3.8, 4) is 11.3 Å². The molecule has 1 aromatic carbocycles. The van der Waals surface area contributed by atoms with Crippen LogP contribution in [-0.4, -0.2) is 29.5 Å². The summed E-state index contributed by atoms with van der Waals surface area (Å²) in [4.78, 5) is 4.86. The Kier molecular flexibility index (Phi) is 4.18. The van der Waals surface area contributed by atoms with E-state index in [0.29, 0.717) is 0 Å².